The fourth-order valence-electron chi connectivity index (χ4n) is 1.48. The molecule has 0 saturated heterocycles. The minimum Gasteiger partial charge on any atom is -0.393 e. The summed E-state index contributed by atoms with van der Waals surface area (Å²) in [4.78, 5) is 0. The van der Waals surface area contributed by atoms with E-state index >= 15 is 0 Å². The molecule has 0 spiro atoms. The van der Waals surface area contributed by atoms with Crippen LogP contribution in [0.25, 0.3) is 0 Å². The topological polar surface area (TPSA) is 54.4 Å². The van der Waals surface area contributed by atoms with Crippen LogP contribution in [0, 0.1) is 11.8 Å². The number of sulfone groups is 1. The molecule has 0 aliphatic rings. The molecule has 0 aromatic rings. The maximum atomic E-state index is 10.9. The van der Waals surface area contributed by atoms with Crippen molar-refractivity contribution in [1.29, 1.82) is 0 Å². The van der Waals surface area contributed by atoms with Gasteiger partial charge in [-0.2, -0.15) is 0 Å². The summed E-state index contributed by atoms with van der Waals surface area (Å²) in [6.07, 6.45) is 1.35. The van der Waals surface area contributed by atoms with Crippen LogP contribution in [0.3, 0.4) is 0 Å². The second-order valence-corrected chi connectivity index (χ2v) is 6.33. The molecule has 80 valence electrons. The molecule has 0 rings (SSSR count). The lowest BCUT2D eigenvalue weighted by Gasteiger charge is -2.23. The van der Waals surface area contributed by atoms with Gasteiger partial charge in [-0.1, -0.05) is 13.8 Å². The molecule has 0 fully saturated rings. The van der Waals surface area contributed by atoms with Gasteiger partial charge in [-0.25, -0.2) is 8.42 Å². The van der Waals surface area contributed by atoms with Gasteiger partial charge >= 0.3 is 0 Å². The number of rotatable bonds is 5. The summed E-state index contributed by atoms with van der Waals surface area (Å²) in [5.41, 5.74) is 0. The molecule has 0 amide bonds. The molecule has 0 saturated carbocycles. The van der Waals surface area contributed by atoms with Gasteiger partial charge < -0.3 is 5.11 Å². The summed E-state index contributed by atoms with van der Waals surface area (Å²) in [7, 11) is -2.90. The molecule has 0 aromatic heterocycles. The maximum absolute atomic E-state index is 10.9. The normalized spacial score (nSPS) is 17.4. The number of hydrogen-bond donors (Lipinski definition) is 1. The molecule has 0 aliphatic carbocycles. The van der Waals surface area contributed by atoms with Gasteiger partial charge in [-0.15, -0.1) is 0 Å². The van der Waals surface area contributed by atoms with E-state index < -0.39 is 15.9 Å². The van der Waals surface area contributed by atoms with Crippen molar-refractivity contribution < 1.29 is 13.5 Å². The first kappa shape index (κ1) is 12.9. The number of aliphatic hydroxyl groups excluding tert-OH is 1. The highest BCUT2D eigenvalue weighted by atomic mass is 32.2. The van der Waals surface area contributed by atoms with E-state index in [4.69, 9.17) is 0 Å². The van der Waals surface area contributed by atoms with Crippen molar-refractivity contribution in [2.24, 2.45) is 11.8 Å². The van der Waals surface area contributed by atoms with Crippen LogP contribution >= 0.6 is 0 Å². The van der Waals surface area contributed by atoms with E-state index in [1.807, 2.05) is 13.8 Å². The Morgan fingerprint density at radius 1 is 1.23 bits per heavy atom. The first-order valence-corrected chi connectivity index (χ1v) is 6.66. The average molecular weight is 208 g/mol. The second-order valence-electron chi connectivity index (χ2n) is 4.07. The first-order valence-electron chi connectivity index (χ1n) is 4.60. The fourth-order valence-corrected chi connectivity index (χ4v) is 2.18. The van der Waals surface area contributed by atoms with Crippen molar-refractivity contribution in [3.8, 4) is 0 Å². The molecule has 0 aliphatic heterocycles. The summed E-state index contributed by atoms with van der Waals surface area (Å²) >= 11 is 0. The number of hydrogen-bond acceptors (Lipinski definition) is 3. The Morgan fingerprint density at radius 2 is 1.69 bits per heavy atom. The van der Waals surface area contributed by atoms with Crippen molar-refractivity contribution in [3.63, 3.8) is 0 Å². The molecule has 4 heteroatoms. The summed E-state index contributed by atoms with van der Waals surface area (Å²) in [6, 6.07) is 0. The molecule has 0 radical (unpaired) electrons. The Morgan fingerprint density at radius 3 is 1.92 bits per heavy atom. The summed E-state index contributed by atoms with van der Waals surface area (Å²) < 4.78 is 21.8. The average Bonchev–Trinajstić information content (AvgIpc) is 1.82. The maximum Gasteiger partial charge on any atom is 0.147 e. The van der Waals surface area contributed by atoms with Crippen molar-refractivity contribution in [1.82, 2.24) is 0 Å². The Labute approximate surface area is 81.1 Å². The lowest BCUT2D eigenvalue weighted by Crippen LogP contribution is -2.24. The van der Waals surface area contributed by atoms with E-state index in [-0.39, 0.29) is 11.7 Å². The highest BCUT2D eigenvalue weighted by molar-refractivity contribution is 7.90. The number of aliphatic hydroxyl groups is 1. The smallest absolute Gasteiger partial charge is 0.147 e. The molecule has 3 nitrogen and oxygen atoms in total. The van der Waals surface area contributed by atoms with Gasteiger partial charge in [0.15, 0.2) is 0 Å². The molecular formula is C9H20O3S. The standard InChI is InChI=1S/C9H20O3S/c1-7(2)9(8(3)10)5-6-13(4,11)12/h7-10H,5-6H2,1-4H3. The predicted molar refractivity (Wildman–Crippen MR) is 54.3 cm³/mol. The monoisotopic (exact) mass is 208 g/mol. The third-order valence-electron chi connectivity index (χ3n) is 2.30. The zero-order valence-electron chi connectivity index (χ0n) is 8.82. The van der Waals surface area contributed by atoms with Gasteiger partial charge in [0, 0.05) is 6.26 Å². The second kappa shape index (κ2) is 4.96. The quantitative estimate of drug-likeness (QED) is 0.735. The Kier molecular flexibility index (Phi) is 4.92. The van der Waals surface area contributed by atoms with Crippen LogP contribution in [-0.4, -0.2) is 31.6 Å². The fraction of sp³-hybridized carbons (Fsp3) is 1.00. The lowest BCUT2D eigenvalue weighted by molar-refractivity contribution is 0.0957. The Hall–Kier alpha value is -0.0900. The van der Waals surface area contributed by atoms with Crippen LogP contribution in [0.15, 0.2) is 0 Å². The first-order chi connectivity index (χ1) is 5.74. The van der Waals surface area contributed by atoms with Crippen LogP contribution in [0.1, 0.15) is 27.2 Å². The van der Waals surface area contributed by atoms with E-state index in [0.29, 0.717) is 12.3 Å². The molecular weight excluding hydrogens is 188 g/mol. The third kappa shape index (κ3) is 6.05. The zero-order chi connectivity index (χ0) is 10.6. The largest absolute Gasteiger partial charge is 0.393 e. The van der Waals surface area contributed by atoms with Gasteiger partial charge in [0.25, 0.3) is 0 Å². The van der Waals surface area contributed by atoms with Crippen LogP contribution in [0.5, 0.6) is 0 Å². The van der Waals surface area contributed by atoms with Crippen LogP contribution < -0.4 is 0 Å². The van der Waals surface area contributed by atoms with E-state index in [9.17, 15) is 13.5 Å². The van der Waals surface area contributed by atoms with Gasteiger partial charge in [0.1, 0.15) is 9.84 Å². The molecule has 0 bridgehead atoms. The SMILES string of the molecule is CC(C)C(CCS(C)(=O)=O)C(C)O. The van der Waals surface area contributed by atoms with Gasteiger partial charge in [-0.05, 0) is 25.2 Å². The highest BCUT2D eigenvalue weighted by Gasteiger charge is 2.20. The van der Waals surface area contributed by atoms with Crippen molar-refractivity contribution in [2.75, 3.05) is 12.0 Å². The molecule has 0 heterocycles. The summed E-state index contributed by atoms with van der Waals surface area (Å²) in [5, 5.41) is 9.38. The molecule has 2 unspecified atom stereocenters. The van der Waals surface area contributed by atoms with Crippen molar-refractivity contribution in [3.05, 3.63) is 0 Å². The zero-order valence-corrected chi connectivity index (χ0v) is 9.63. The van der Waals surface area contributed by atoms with Crippen LogP contribution in [0.2, 0.25) is 0 Å². The van der Waals surface area contributed by atoms with E-state index in [0.717, 1.165) is 0 Å². The Bertz CT molecular complexity index is 221. The summed E-state index contributed by atoms with van der Waals surface area (Å²) in [5.74, 6) is 0.567. The predicted octanol–water partition coefficient (Wildman–Crippen LogP) is 1.07. The minimum atomic E-state index is -2.90. The molecule has 13 heavy (non-hydrogen) atoms. The van der Waals surface area contributed by atoms with Crippen LogP contribution in [0.4, 0.5) is 0 Å². The Balaban J connectivity index is 4.13. The minimum absolute atomic E-state index is 0.0784. The van der Waals surface area contributed by atoms with Crippen molar-refractivity contribution >= 4 is 9.84 Å². The van der Waals surface area contributed by atoms with E-state index in [2.05, 4.69) is 0 Å². The third-order valence-corrected chi connectivity index (χ3v) is 3.28. The van der Waals surface area contributed by atoms with Gasteiger partial charge in [0.2, 0.25) is 0 Å². The van der Waals surface area contributed by atoms with Gasteiger partial charge in [-0.3, -0.25) is 0 Å². The van der Waals surface area contributed by atoms with Gasteiger partial charge in [0.05, 0.1) is 11.9 Å². The van der Waals surface area contributed by atoms with E-state index in [1.165, 1.54) is 6.26 Å². The molecule has 1 N–H and O–H groups in total. The molecule has 0 aromatic carbocycles. The van der Waals surface area contributed by atoms with Crippen LogP contribution in [-0.2, 0) is 9.84 Å². The molecule has 2 atom stereocenters. The van der Waals surface area contributed by atoms with E-state index in [1.54, 1.807) is 6.92 Å². The lowest BCUT2D eigenvalue weighted by atomic mass is 9.89. The van der Waals surface area contributed by atoms with Crippen molar-refractivity contribution in [2.45, 2.75) is 33.3 Å². The highest BCUT2D eigenvalue weighted by Crippen LogP contribution is 2.19. The summed E-state index contributed by atoms with van der Waals surface area (Å²) in [6.45, 7) is 5.71.